The molecule has 3 atom stereocenters. The molecule has 4 nitrogen and oxygen atoms in total. The summed E-state index contributed by atoms with van der Waals surface area (Å²) in [6.07, 6.45) is 3.61. The van der Waals surface area contributed by atoms with Crippen molar-refractivity contribution < 1.29 is 9.47 Å². The maximum absolute atomic E-state index is 6.26. The first-order chi connectivity index (χ1) is 8.19. The molecule has 4 heteroatoms. The SMILES string of the molecule is COCCN(CCOC)C1CC(C)CCC1N. The number of nitrogens with two attached hydrogens (primary N) is 1. The van der Waals surface area contributed by atoms with Gasteiger partial charge in [0.05, 0.1) is 13.2 Å². The summed E-state index contributed by atoms with van der Waals surface area (Å²) in [7, 11) is 3.50. The van der Waals surface area contributed by atoms with Gasteiger partial charge in [-0.1, -0.05) is 6.92 Å². The van der Waals surface area contributed by atoms with Gasteiger partial charge in [0.1, 0.15) is 0 Å². The zero-order valence-corrected chi connectivity index (χ0v) is 11.5. The standard InChI is InChI=1S/C13H28N2O2/c1-11-4-5-12(14)13(10-11)15(6-8-16-2)7-9-17-3/h11-13H,4-10,14H2,1-3H3. The van der Waals surface area contributed by atoms with Crippen molar-refractivity contribution in [3.05, 3.63) is 0 Å². The fourth-order valence-electron chi connectivity index (χ4n) is 2.65. The van der Waals surface area contributed by atoms with Crippen LogP contribution in [0, 0.1) is 5.92 Å². The number of nitrogens with zero attached hydrogens (tertiary/aromatic N) is 1. The molecule has 3 unspecified atom stereocenters. The van der Waals surface area contributed by atoms with Crippen LogP contribution in [0.15, 0.2) is 0 Å². The Balaban J connectivity index is 2.52. The van der Waals surface area contributed by atoms with E-state index in [1.54, 1.807) is 14.2 Å². The molecule has 1 aliphatic rings. The fraction of sp³-hybridized carbons (Fsp3) is 1.00. The van der Waals surface area contributed by atoms with E-state index in [2.05, 4.69) is 11.8 Å². The van der Waals surface area contributed by atoms with Crippen molar-refractivity contribution in [1.82, 2.24) is 4.90 Å². The number of ether oxygens (including phenoxy) is 2. The van der Waals surface area contributed by atoms with Crippen LogP contribution in [-0.2, 0) is 9.47 Å². The van der Waals surface area contributed by atoms with Crippen molar-refractivity contribution in [2.24, 2.45) is 11.7 Å². The zero-order chi connectivity index (χ0) is 12.7. The summed E-state index contributed by atoms with van der Waals surface area (Å²) < 4.78 is 10.4. The highest BCUT2D eigenvalue weighted by Gasteiger charge is 2.30. The quantitative estimate of drug-likeness (QED) is 0.728. The molecular weight excluding hydrogens is 216 g/mol. The summed E-state index contributed by atoms with van der Waals surface area (Å²) in [6, 6.07) is 0.795. The maximum atomic E-state index is 6.26. The molecule has 0 aromatic carbocycles. The van der Waals surface area contributed by atoms with Crippen LogP contribution in [0.2, 0.25) is 0 Å². The molecule has 1 fully saturated rings. The van der Waals surface area contributed by atoms with Gasteiger partial charge in [0.15, 0.2) is 0 Å². The monoisotopic (exact) mass is 244 g/mol. The number of hydrogen-bond acceptors (Lipinski definition) is 4. The van der Waals surface area contributed by atoms with E-state index in [1.165, 1.54) is 12.8 Å². The topological polar surface area (TPSA) is 47.7 Å². The second kappa shape index (κ2) is 8.03. The highest BCUT2D eigenvalue weighted by molar-refractivity contribution is 4.88. The van der Waals surface area contributed by atoms with Crippen molar-refractivity contribution >= 4 is 0 Å². The number of methoxy groups -OCH3 is 2. The van der Waals surface area contributed by atoms with Gasteiger partial charge in [0.25, 0.3) is 0 Å². The Morgan fingerprint density at radius 1 is 1.12 bits per heavy atom. The second-order valence-corrected chi connectivity index (χ2v) is 5.17. The number of hydrogen-bond donors (Lipinski definition) is 1. The van der Waals surface area contributed by atoms with Crippen molar-refractivity contribution in [3.8, 4) is 0 Å². The molecule has 0 radical (unpaired) electrons. The Labute approximate surface area is 105 Å². The molecule has 0 bridgehead atoms. The van der Waals surface area contributed by atoms with Crippen LogP contribution in [-0.4, -0.2) is 57.5 Å². The van der Waals surface area contributed by atoms with Crippen LogP contribution in [0.25, 0.3) is 0 Å². The minimum atomic E-state index is 0.305. The average molecular weight is 244 g/mol. The fourth-order valence-corrected chi connectivity index (χ4v) is 2.65. The van der Waals surface area contributed by atoms with Crippen LogP contribution in [0.3, 0.4) is 0 Å². The molecule has 0 aliphatic heterocycles. The van der Waals surface area contributed by atoms with E-state index in [-0.39, 0.29) is 0 Å². The van der Waals surface area contributed by atoms with E-state index in [0.717, 1.165) is 38.6 Å². The van der Waals surface area contributed by atoms with E-state index in [1.807, 2.05) is 0 Å². The first-order valence-corrected chi connectivity index (χ1v) is 6.66. The maximum Gasteiger partial charge on any atom is 0.0589 e. The average Bonchev–Trinajstić information content (AvgIpc) is 2.33. The van der Waals surface area contributed by atoms with Crippen LogP contribution in [0.5, 0.6) is 0 Å². The highest BCUT2D eigenvalue weighted by Crippen LogP contribution is 2.26. The van der Waals surface area contributed by atoms with E-state index in [9.17, 15) is 0 Å². The first-order valence-electron chi connectivity index (χ1n) is 6.66. The minimum Gasteiger partial charge on any atom is -0.383 e. The minimum absolute atomic E-state index is 0.305. The van der Waals surface area contributed by atoms with Crippen molar-refractivity contribution in [2.45, 2.75) is 38.3 Å². The van der Waals surface area contributed by atoms with Crippen LogP contribution >= 0.6 is 0 Å². The molecule has 2 N–H and O–H groups in total. The highest BCUT2D eigenvalue weighted by atomic mass is 16.5. The molecule has 17 heavy (non-hydrogen) atoms. The van der Waals surface area contributed by atoms with E-state index in [4.69, 9.17) is 15.2 Å². The summed E-state index contributed by atoms with van der Waals surface area (Å²) in [6.45, 7) is 5.75. The Morgan fingerprint density at radius 2 is 1.71 bits per heavy atom. The van der Waals surface area contributed by atoms with Crippen molar-refractivity contribution in [2.75, 3.05) is 40.5 Å². The van der Waals surface area contributed by atoms with Gasteiger partial charge in [-0.15, -0.1) is 0 Å². The van der Waals surface area contributed by atoms with Gasteiger partial charge in [-0.2, -0.15) is 0 Å². The molecule has 0 heterocycles. The molecule has 0 amide bonds. The van der Waals surface area contributed by atoms with Gasteiger partial charge in [-0.05, 0) is 25.2 Å². The van der Waals surface area contributed by atoms with Crippen LogP contribution < -0.4 is 5.73 Å². The Hall–Kier alpha value is -0.160. The summed E-state index contributed by atoms with van der Waals surface area (Å²) in [4.78, 5) is 2.44. The Kier molecular flexibility index (Phi) is 7.04. The lowest BCUT2D eigenvalue weighted by Gasteiger charge is -2.40. The molecule has 1 aliphatic carbocycles. The second-order valence-electron chi connectivity index (χ2n) is 5.17. The van der Waals surface area contributed by atoms with Gasteiger partial charge in [0, 0.05) is 39.4 Å². The van der Waals surface area contributed by atoms with E-state index < -0.39 is 0 Å². The van der Waals surface area contributed by atoms with Crippen LogP contribution in [0.4, 0.5) is 0 Å². The van der Waals surface area contributed by atoms with Gasteiger partial charge in [-0.3, -0.25) is 4.90 Å². The molecule has 0 aromatic heterocycles. The third kappa shape index (κ3) is 4.92. The van der Waals surface area contributed by atoms with Gasteiger partial charge in [-0.25, -0.2) is 0 Å². The summed E-state index contributed by atoms with van der Waals surface area (Å²) >= 11 is 0. The number of rotatable bonds is 7. The molecule has 102 valence electrons. The van der Waals surface area contributed by atoms with E-state index in [0.29, 0.717) is 12.1 Å². The summed E-state index contributed by atoms with van der Waals surface area (Å²) in [5.41, 5.74) is 6.26. The Morgan fingerprint density at radius 3 is 2.24 bits per heavy atom. The van der Waals surface area contributed by atoms with Crippen LogP contribution in [0.1, 0.15) is 26.2 Å². The van der Waals surface area contributed by atoms with Gasteiger partial charge < -0.3 is 15.2 Å². The third-order valence-electron chi connectivity index (χ3n) is 3.77. The third-order valence-corrected chi connectivity index (χ3v) is 3.77. The largest absolute Gasteiger partial charge is 0.383 e. The predicted octanol–water partition coefficient (Wildman–Crippen LogP) is 1.10. The van der Waals surface area contributed by atoms with Gasteiger partial charge >= 0.3 is 0 Å². The molecular formula is C13H28N2O2. The normalized spacial score (nSPS) is 29.8. The van der Waals surface area contributed by atoms with Crippen molar-refractivity contribution in [1.29, 1.82) is 0 Å². The smallest absolute Gasteiger partial charge is 0.0589 e. The Bertz CT molecular complexity index is 194. The van der Waals surface area contributed by atoms with E-state index >= 15 is 0 Å². The lowest BCUT2D eigenvalue weighted by atomic mass is 9.83. The predicted molar refractivity (Wildman–Crippen MR) is 70.1 cm³/mol. The molecule has 0 saturated heterocycles. The molecule has 1 rings (SSSR count). The lowest BCUT2D eigenvalue weighted by molar-refractivity contribution is 0.0569. The zero-order valence-electron chi connectivity index (χ0n) is 11.5. The van der Waals surface area contributed by atoms with Gasteiger partial charge in [0.2, 0.25) is 0 Å². The lowest BCUT2D eigenvalue weighted by Crippen LogP contribution is -2.52. The molecule has 0 spiro atoms. The first kappa shape index (κ1) is 14.9. The molecule has 0 aromatic rings. The summed E-state index contributed by atoms with van der Waals surface area (Å²) in [5.74, 6) is 0.785. The summed E-state index contributed by atoms with van der Waals surface area (Å²) in [5, 5.41) is 0. The van der Waals surface area contributed by atoms with Crippen molar-refractivity contribution in [3.63, 3.8) is 0 Å². The molecule has 1 saturated carbocycles.